The third-order valence-corrected chi connectivity index (χ3v) is 8.54. The highest BCUT2D eigenvalue weighted by atomic mass is 35.5. The molecular formula is C28H30Cl2FN5O3. The number of nitrogens with one attached hydrogen (secondary N) is 1. The van der Waals surface area contributed by atoms with E-state index in [2.05, 4.69) is 15.4 Å². The van der Waals surface area contributed by atoms with Crippen molar-refractivity contribution in [2.75, 3.05) is 18.4 Å². The molecule has 2 aromatic heterocycles. The van der Waals surface area contributed by atoms with Gasteiger partial charge in [0.15, 0.2) is 11.6 Å². The number of carbonyl (C=O) groups excluding carboxylic acids is 1. The molecule has 1 saturated heterocycles. The number of amides is 1. The molecule has 1 saturated carbocycles. The molecule has 1 atom stereocenters. The van der Waals surface area contributed by atoms with E-state index in [-0.39, 0.29) is 16.5 Å². The van der Waals surface area contributed by atoms with Gasteiger partial charge in [-0.2, -0.15) is 5.10 Å². The fourth-order valence-corrected chi connectivity index (χ4v) is 6.28. The number of hydrogen-bond acceptors (Lipinski definition) is 6. The van der Waals surface area contributed by atoms with Crippen LogP contribution in [0.15, 0.2) is 36.8 Å². The molecule has 8 nitrogen and oxygen atoms in total. The molecule has 2 aliphatic heterocycles. The van der Waals surface area contributed by atoms with E-state index in [1.54, 1.807) is 6.20 Å². The molecule has 6 rings (SSSR count). The Balaban J connectivity index is 1.08. The highest BCUT2D eigenvalue weighted by Gasteiger charge is 2.47. The minimum absolute atomic E-state index is 0.0805. The van der Waals surface area contributed by atoms with Crippen molar-refractivity contribution in [1.29, 1.82) is 0 Å². The molecular weight excluding hydrogens is 544 g/mol. The van der Waals surface area contributed by atoms with Crippen LogP contribution in [0.25, 0.3) is 11.1 Å². The second-order valence-electron chi connectivity index (χ2n) is 11.7. The first-order chi connectivity index (χ1) is 18.5. The second-order valence-corrected chi connectivity index (χ2v) is 12.5. The topological polar surface area (TPSA) is 81.5 Å². The largest absolute Gasteiger partial charge is 0.462 e. The van der Waals surface area contributed by atoms with Crippen LogP contribution in [-0.2, 0) is 4.74 Å². The summed E-state index contributed by atoms with van der Waals surface area (Å²) in [6.45, 7) is 7.14. The number of pyridine rings is 1. The molecule has 1 amide bonds. The van der Waals surface area contributed by atoms with Crippen LogP contribution in [0.3, 0.4) is 0 Å². The Kier molecular flexibility index (Phi) is 6.42. The van der Waals surface area contributed by atoms with Crippen LogP contribution in [0.4, 0.5) is 15.0 Å². The van der Waals surface area contributed by atoms with E-state index < -0.39 is 17.6 Å². The van der Waals surface area contributed by atoms with Gasteiger partial charge in [0.25, 0.3) is 0 Å². The van der Waals surface area contributed by atoms with Gasteiger partial charge in [0, 0.05) is 36.6 Å². The molecule has 2 fully saturated rings. The molecule has 1 unspecified atom stereocenters. The third kappa shape index (κ3) is 5.02. The summed E-state index contributed by atoms with van der Waals surface area (Å²) in [5.74, 6) is 0.497. The van der Waals surface area contributed by atoms with Crippen molar-refractivity contribution in [2.24, 2.45) is 5.41 Å². The summed E-state index contributed by atoms with van der Waals surface area (Å²) in [7, 11) is 0. The summed E-state index contributed by atoms with van der Waals surface area (Å²) in [5, 5.41) is 7.98. The second kappa shape index (κ2) is 9.55. The zero-order valence-electron chi connectivity index (χ0n) is 22.0. The Morgan fingerprint density at radius 3 is 2.64 bits per heavy atom. The number of fused-ring (bicyclic) bond motifs is 1. The van der Waals surface area contributed by atoms with E-state index >= 15 is 0 Å². The fourth-order valence-electron chi connectivity index (χ4n) is 5.71. The summed E-state index contributed by atoms with van der Waals surface area (Å²) in [4.78, 5) is 18.7. The number of nitrogens with zero attached hydrogens (tertiary/aromatic N) is 4. The molecule has 11 heteroatoms. The Morgan fingerprint density at radius 1 is 1.18 bits per heavy atom. The number of piperidine rings is 1. The Morgan fingerprint density at radius 2 is 1.92 bits per heavy atom. The lowest BCUT2D eigenvalue weighted by molar-refractivity contribution is -0.0258. The van der Waals surface area contributed by atoms with Gasteiger partial charge in [0.2, 0.25) is 6.23 Å². The van der Waals surface area contributed by atoms with Crippen LogP contribution in [0.1, 0.15) is 64.3 Å². The van der Waals surface area contributed by atoms with E-state index in [0.29, 0.717) is 28.2 Å². The first-order valence-electron chi connectivity index (χ1n) is 13.1. The van der Waals surface area contributed by atoms with Crippen molar-refractivity contribution < 1.29 is 18.7 Å². The van der Waals surface area contributed by atoms with Crippen LogP contribution < -0.4 is 10.1 Å². The standard InChI is InChI=1S/C28H30Cl2FN5O3/c1-27(2,3)39-26(37)35-8-6-28(7-9-35)11-18(12-28)36-15-17(14-33-36)16-10-21-24(32-13-16)34-25(38-21)22-19(29)4-5-20(31)23(22)30/h4-5,10,13-15,18,25H,6-9,11-12H2,1-3H3,(H,32,34). The van der Waals surface area contributed by atoms with Crippen LogP contribution in [-0.4, -0.2) is 44.4 Å². The predicted molar refractivity (Wildman–Crippen MR) is 147 cm³/mol. The smallest absolute Gasteiger partial charge is 0.410 e. The molecule has 1 aromatic carbocycles. The first kappa shape index (κ1) is 26.2. The lowest BCUT2D eigenvalue weighted by Gasteiger charge is -2.52. The lowest BCUT2D eigenvalue weighted by atomic mass is 9.60. The average Bonchev–Trinajstić information content (AvgIpc) is 3.51. The SMILES string of the molecule is CC(C)(C)OC(=O)N1CCC2(CC1)CC(n1cc(-c3cnc4c(c3)OC(c3c(Cl)ccc(F)c3Cl)N4)cn1)C2. The highest BCUT2D eigenvalue weighted by Crippen LogP contribution is 2.55. The van der Waals surface area contributed by atoms with Gasteiger partial charge in [-0.3, -0.25) is 4.68 Å². The molecule has 1 aliphatic carbocycles. The van der Waals surface area contributed by atoms with Gasteiger partial charge in [-0.05, 0) is 70.1 Å². The maximum atomic E-state index is 14.0. The van der Waals surface area contributed by atoms with E-state index in [1.807, 2.05) is 48.8 Å². The zero-order chi connectivity index (χ0) is 27.5. The molecule has 1 N–H and O–H groups in total. The van der Waals surface area contributed by atoms with E-state index in [1.165, 1.54) is 12.1 Å². The minimum atomic E-state index is -0.742. The summed E-state index contributed by atoms with van der Waals surface area (Å²) in [5.41, 5.74) is 1.91. The lowest BCUT2D eigenvalue weighted by Crippen LogP contribution is -2.50. The van der Waals surface area contributed by atoms with Crippen LogP contribution in [0.5, 0.6) is 5.75 Å². The Labute approximate surface area is 236 Å². The van der Waals surface area contributed by atoms with Crippen molar-refractivity contribution in [2.45, 2.75) is 64.3 Å². The number of aromatic nitrogens is 3. The number of likely N-dealkylation sites (tertiary alicyclic amines) is 1. The monoisotopic (exact) mass is 573 g/mol. The Hall–Kier alpha value is -3.04. The molecule has 0 bridgehead atoms. The summed E-state index contributed by atoms with van der Waals surface area (Å²) in [6, 6.07) is 4.89. The summed E-state index contributed by atoms with van der Waals surface area (Å²) < 4.78 is 27.6. The maximum Gasteiger partial charge on any atom is 0.410 e. The van der Waals surface area contributed by atoms with E-state index in [0.717, 1.165) is 49.9 Å². The average molecular weight is 574 g/mol. The molecule has 3 aliphatic rings. The van der Waals surface area contributed by atoms with Gasteiger partial charge in [0.1, 0.15) is 11.4 Å². The maximum absolute atomic E-state index is 14.0. The van der Waals surface area contributed by atoms with Crippen LogP contribution >= 0.6 is 23.2 Å². The van der Waals surface area contributed by atoms with Crippen molar-refractivity contribution >= 4 is 35.1 Å². The van der Waals surface area contributed by atoms with Gasteiger partial charge in [-0.1, -0.05) is 23.2 Å². The predicted octanol–water partition coefficient (Wildman–Crippen LogP) is 7.25. The van der Waals surface area contributed by atoms with Gasteiger partial charge >= 0.3 is 6.09 Å². The number of halogens is 3. The van der Waals surface area contributed by atoms with Crippen LogP contribution in [0.2, 0.25) is 10.0 Å². The highest BCUT2D eigenvalue weighted by molar-refractivity contribution is 6.36. The van der Waals surface area contributed by atoms with Crippen molar-refractivity contribution in [3.63, 3.8) is 0 Å². The number of ether oxygens (including phenoxy) is 2. The molecule has 3 aromatic rings. The van der Waals surface area contributed by atoms with Gasteiger partial charge in [-0.25, -0.2) is 14.2 Å². The van der Waals surface area contributed by atoms with Gasteiger partial charge in [-0.15, -0.1) is 0 Å². The summed E-state index contributed by atoms with van der Waals surface area (Å²) >= 11 is 12.4. The minimum Gasteiger partial charge on any atom is -0.462 e. The molecule has 39 heavy (non-hydrogen) atoms. The summed E-state index contributed by atoms with van der Waals surface area (Å²) in [6.07, 6.45) is 8.71. The Bertz CT molecular complexity index is 1420. The number of hydrogen-bond donors (Lipinski definition) is 1. The van der Waals surface area contributed by atoms with E-state index in [9.17, 15) is 9.18 Å². The number of rotatable bonds is 3. The normalized spacial score (nSPS) is 20.3. The first-order valence-corrected chi connectivity index (χ1v) is 13.8. The quantitative estimate of drug-likeness (QED) is 0.332. The van der Waals surface area contributed by atoms with Gasteiger partial charge in [0.05, 0.1) is 27.8 Å². The van der Waals surface area contributed by atoms with Crippen molar-refractivity contribution in [3.05, 3.63) is 58.2 Å². The van der Waals surface area contributed by atoms with E-state index in [4.69, 9.17) is 32.7 Å². The molecule has 1 spiro atoms. The number of anilines is 1. The van der Waals surface area contributed by atoms with Crippen molar-refractivity contribution in [3.8, 4) is 16.9 Å². The molecule has 206 valence electrons. The van der Waals surface area contributed by atoms with Crippen LogP contribution in [0, 0.1) is 11.2 Å². The molecule has 0 radical (unpaired) electrons. The van der Waals surface area contributed by atoms with Crippen molar-refractivity contribution in [1.82, 2.24) is 19.7 Å². The third-order valence-electron chi connectivity index (χ3n) is 7.83. The molecule has 4 heterocycles. The number of benzene rings is 1. The van der Waals surface area contributed by atoms with Gasteiger partial charge < -0.3 is 19.7 Å². The number of carbonyl (C=O) groups is 1. The fraction of sp³-hybridized carbons (Fsp3) is 0.464. The zero-order valence-corrected chi connectivity index (χ0v) is 23.5.